The molecule has 0 unspecified atom stereocenters. The molecule has 7 nitrogen and oxygen atoms in total. The molecule has 0 bridgehead atoms. The Hall–Kier alpha value is -2.02. The predicted octanol–water partition coefficient (Wildman–Crippen LogP) is 1.31. The number of aromatic amines is 1. The maximum absolute atomic E-state index is 11.6. The van der Waals surface area contributed by atoms with Crippen LogP contribution in [0.4, 0.5) is 5.95 Å². The first-order chi connectivity index (χ1) is 7.70. The van der Waals surface area contributed by atoms with Crippen molar-refractivity contribution in [1.82, 2.24) is 15.2 Å². The quantitative estimate of drug-likeness (QED) is 0.847. The van der Waals surface area contributed by atoms with Crippen LogP contribution in [-0.4, -0.2) is 28.2 Å². The molecular weight excluding hydrogens is 236 g/mol. The summed E-state index contributed by atoms with van der Waals surface area (Å²) in [4.78, 5) is 15.4. The zero-order valence-electron chi connectivity index (χ0n) is 8.15. The molecule has 0 spiro atoms. The van der Waals surface area contributed by atoms with Crippen LogP contribution in [0.25, 0.3) is 0 Å². The minimum Gasteiger partial charge on any atom is -0.466 e. The van der Waals surface area contributed by atoms with E-state index in [1.807, 2.05) is 0 Å². The molecule has 0 aliphatic carbocycles. The van der Waals surface area contributed by atoms with E-state index in [9.17, 15) is 4.79 Å². The molecule has 2 aromatic rings. The van der Waals surface area contributed by atoms with Crippen LogP contribution in [-0.2, 0) is 0 Å². The lowest BCUT2D eigenvalue weighted by atomic mass is 10.3. The molecule has 0 fully saturated rings. The van der Waals surface area contributed by atoms with Crippen LogP contribution in [0.15, 0.2) is 16.7 Å². The van der Waals surface area contributed by atoms with E-state index < -0.39 is 5.91 Å². The van der Waals surface area contributed by atoms with E-state index in [0.717, 1.165) is 0 Å². The van der Waals surface area contributed by atoms with Crippen molar-refractivity contribution in [3.05, 3.63) is 23.1 Å². The third kappa shape index (κ3) is 1.98. The van der Waals surface area contributed by atoms with Gasteiger partial charge in [-0.2, -0.15) is 4.98 Å². The van der Waals surface area contributed by atoms with Crippen LogP contribution in [0.5, 0.6) is 6.01 Å². The first-order valence-corrected chi connectivity index (χ1v) is 4.59. The maximum atomic E-state index is 11.6. The van der Waals surface area contributed by atoms with Crippen molar-refractivity contribution in [1.29, 1.82) is 0 Å². The van der Waals surface area contributed by atoms with Crippen LogP contribution in [0, 0.1) is 0 Å². The Balaban J connectivity index is 2.11. The van der Waals surface area contributed by atoms with Crippen molar-refractivity contribution >= 4 is 23.5 Å². The average molecular weight is 243 g/mol. The summed E-state index contributed by atoms with van der Waals surface area (Å²) in [5, 5.41) is 8.60. The Labute approximate surface area is 94.8 Å². The second-order valence-electron chi connectivity index (χ2n) is 2.73. The minimum absolute atomic E-state index is 0.0176. The number of furan rings is 1. The molecule has 2 heterocycles. The fourth-order valence-corrected chi connectivity index (χ4v) is 1.22. The lowest BCUT2D eigenvalue weighted by Crippen LogP contribution is -2.12. The minimum atomic E-state index is -0.447. The molecule has 16 heavy (non-hydrogen) atoms. The highest BCUT2D eigenvalue weighted by molar-refractivity contribution is 6.32. The van der Waals surface area contributed by atoms with Crippen LogP contribution >= 0.6 is 11.6 Å². The van der Waals surface area contributed by atoms with Crippen molar-refractivity contribution < 1.29 is 13.9 Å². The molecule has 0 saturated carbocycles. The third-order valence-electron chi connectivity index (χ3n) is 1.74. The van der Waals surface area contributed by atoms with Gasteiger partial charge in [0.05, 0.1) is 18.9 Å². The first-order valence-electron chi connectivity index (χ1n) is 4.21. The van der Waals surface area contributed by atoms with Gasteiger partial charge in [-0.1, -0.05) is 0 Å². The Morgan fingerprint density at radius 1 is 1.69 bits per heavy atom. The number of ether oxygens (including phenoxy) is 1. The zero-order chi connectivity index (χ0) is 11.5. The molecule has 0 saturated heterocycles. The highest BCUT2D eigenvalue weighted by Crippen LogP contribution is 2.17. The molecule has 1 amide bonds. The molecule has 2 N–H and O–H groups in total. The summed E-state index contributed by atoms with van der Waals surface area (Å²) >= 11 is 5.63. The summed E-state index contributed by atoms with van der Waals surface area (Å²) in [6.45, 7) is 0. The number of aromatic nitrogens is 3. The van der Waals surface area contributed by atoms with E-state index in [4.69, 9.17) is 20.8 Å². The van der Waals surface area contributed by atoms with Gasteiger partial charge in [0, 0.05) is 0 Å². The van der Waals surface area contributed by atoms with Gasteiger partial charge in [0.1, 0.15) is 0 Å². The van der Waals surface area contributed by atoms with E-state index in [0.29, 0.717) is 0 Å². The van der Waals surface area contributed by atoms with Gasteiger partial charge >= 0.3 is 6.01 Å². The summed E-state index contributed by atoms with van der Waals surface area (Å²) in [6, 6.07) is 1.58. The molecule has 0 radical (unpaired) electrons. The fourth-order valence-electron chi connectivity index (χ4n) is 1.02. The molecular formula is C8H7ClN4O3. The number of amides is 1. The van der Waals surface area contributed by atoms with E-state index in [2.05, 4.69) is 20.5 Å². The molecule has 0 aliphatic heterocycles. The number of carbonyl (C=O) groups is 1. The number of nitrogens with zero attached hydrogens (tertiary/aromatic N) is 2. The highest BCUT2D eigenvalue weighted by Gasteiger charge is 2.14. The molecule has 2 aromatic heterocycles. The Morgan fingerprint density at radius 2 is 2.50 bits per heavy atom. The van der Waals surface area contributed by atoms with Gasteiger partial charge in [0.2, 0.25) is 11.2 Å². The molecule has 84 valence electrons. The molecule has 2 rings (SSSR count). The van der Waals surface area contributed by atoms with E-state index in [1.54, 1.807) is 0 Å². The zero-order valence-corrected chi connectivity index (χ0v) is 8.91. The smallest absolute Gasteiger partial charge is 0.336 e. The number of methoxy groups -OCH3 is 1. The maximum Gasteiger partial charge on any atom is 0.336 e. The van der Waals surface area contributed by atoms with Crippen LogP contribution in [0.2, 0.25) is 5.22 Å². The SMILES string of the molecule is COc1n[nH]c(NC(=O)c2ccoc2Cl)n1. The van der Waals surface area contributed by atoms with Gasteiger partial charge in [-0.3, -0.25) is 10.1 Å². The lowest BCUT2D eigenvalue weighted by molar-refractivity contribution is 0.102. The standard InChI is InChI=1S/C8H7ClN4O3/c1-15-8-11-7(12-13-8)10-6(14)4-2-3-16-5(4)9/h2-3H,1H3,(H2,10,11,12,13,14). The van der Waals surface area contributed by atoms with E-state index in [-0.39, 0.29) is 22.7 Å². The fraction of sp³-hybridized carbons (Fsp3) is 0.125. The van der Waals surface area contributed by atoms with Gasteiger partial charge in [-0.15, -0.1) is 5.10 Å². The van der Waals surface area contributed by atoms with E-state index >= 15 is 0 Å². The highest BCUT2D eigenvalue weighted by atomic mass is 35.5. The Kier molecular flexibility index (Phi) is 2.78. The number of hydrogen-bond acceptors (Lipinski definition) is 5. The summed E-state index contributed by atoms with van der Waals surface area (Å²) in [6.07, 6.45) is 1.32. The third-order valence-corrected chi connectivity index (χ3v) is 2.03. The lowest BCUT2D eigenvalue weighted by Gasteiger charge is -1.97. The largest absolute Gasteiger partial charge is 0.466 e. The second kappa shape index (κ2) is 4.23. The number of H-pyrrole nitrogens is 1. The van der Waals surface area contributed by atoms with Crippen LogP contribution < -0.4 is 10.1 Å². The predicted molar refractivity (Wildman–Crippen MR) is 54.6 cm³/mol. The second-order valence-corrected chi connectivity index (χ2v) is 3.08. The van der Waals surface area contributed by atoms with Crippen molar-refractivity contribution in [3.63, 3.8) is 0 Å². The Morgan fingerprint density at radius 3 is 3.06 bits per heavy atom. The van der Waals surface area contributed by atoms with Gasteiger partial charge in [0.15, 0.2) is 0 Å². The molecule has 0 atom stereocenters. The number of halogens is 1. The number of carbonyl (C=O) groups excluding carboxylic acids is 1. The average Bonchev–Trinajstić information content (AvgIpc) is 2.86. The van der Waals surface area contributed by atoms with Crippen LogP contribution in [0.3, 0.4) is 0 Å². The first kappa shape index (κ1) is 10.5. The van der Waals surface area contributed by atoms with Crippen molar-refractivity contribution in [3.8, 4) is 6.01 Å². The Bertz CT molecular complexity index is 507. The summed E-state index contributed by atoms with van der Waals surface area (Å²) in [5.74, 6) is -0.281. The summed E-state index contributed by atoms with van der Waals surface area (Å²) < 4.78 is 9.52. The molecule has 0 aromatic carbocycles. The van der Waals surface area contributed by atoms with Crippen molar-refractivity contribution in [2.45, 2.75) is 0 Å². The van der Waals surface area contributed by atoms with Gasteiger partial charge in [0.25, 0.3) is 5.91 Å². The molecule has 0 aliphatic rings. The number of rotatable bonds is 3. The number of nitrogens with one attached hydrogen (secondary N) is 2. The summed E-state index contributed by atoms with van der Waals surface area (Å²) in [5.41, 5.74) is 0.219. The van der Waals surface area contributed by atoms with Gasteiger partial charge in [-0.25, -0.2) is 5.10 Å². The molecule has 8 heteroatoms. The van der Waals surface area contributed by atoms with Crippen molar-refractivity contribution in [2.24, 2.45) is 0 Å². The van der Waals surface area contributed by atoms with Crippen LogP contribution in [0.1, 0.15) is 10.4 Å². The van der Waals surface area contributed by atoms with E-state index in [1.165, 1.54) is 19.4 Å². The normalized spacial score (nSPS) is 10.1. The monoisotopic (exact) mass is 242 g/mol. The topological polar surface area (TPSA) is 93.0 Å². The van der Waals surface area contributed by atoms with Gasteiger partial charge < -0.3 is 9.15 Å². The van der Waals surface area contributed by atoms with Crippen molar-refractivity contribution in [2.75, 3.05) is 12.4 Å². The summed E-state index contributed by atoms with van der Waals surface area (Å²) in [7, 11) is 1.42. The number of anilines is 1. The van der Waals surface area contributed by atoms with Gasteiger partial charge in [-0.05, 0) is 17.7 Å². The number of hydrogen-bond donors (Lipinski definition) is 2.